The Bertz CT molecular complexity index is 3440. The van der Waals surface area contributed by atoms with Gasteiger partial charge in [-0.15, -0.1) is 0 Å². The zero-order valence-electron chi connectivity index (χ0n) is 29.3. The Labute approximate surface area is 313 Å². The van der Waals surface area contributed by atoms with Gasteiger partial charge in [-0.3, -0.25) is 0 Å². The molecule has 6 heteroatoms. The molecule has 0 aliphatic heterocycles. The number of para-hydroxylation sites is 3. The summed E-state index contributed by atoms with van der Waals surface area (Å²) in [6, 6.07) is 61.0. The Morgan fingerprint density at radius 2 is 1.04 bits per heavy atom. The Balaban J connectivity index is 1.11. The van der Waals surface area contributed by atoms with Crippen molar-refractivity contribution in [3.63, 3.8) is 0 Å². The van der Waals surface area contributed by atoms with E-state index in [-0.39, 0.29) is 0 Å². The van der Waals surface area contributed by atoms with E-state index >= 15 is 0 Å². The minimum Gasteiger partial charge on any atom is -0.456 e. The molecule has 4 aromatic heterocycles. The van der Waals surface area contributed by atoms with Crippen LogP contribution in [0.2, 0.25) is 0 Å². The van der Waals surface area contributed by atoms with E-state index in [2.05, 4.69) is 131 Å². The highest BCUT2D eigenvalue weighted by Gasteiger charge is 2.22. The van der Waals surface area contributed by atoms with Crippen LogP contribution < -0.4 is 4.90 Å². The van der Waals surface area contributed by atoms with Gasteiger partial charge in [-0.1, -0.05) is 78.9 Å². The third-order valence-electron chi connectivity index (χ3n) is 10.8. The largest absolute Gasteiger partial charge is 0.456 e. The molecular weight excluding hydrogens is 679 g/mol. The number of anilines is 3. The van der Waals surface area contributed by atoms with Crippen LogP contribution in [-0.4, -0.2) is 9.55 Å². The van der Waals surface area contributed by atoms with Crippen molar-refractivity contribution in [3.8, 4) is 17.1 Å². The Morgan fingerprint density at radius 3 is 1.91 bits per heavy atom. The summed E-state index contributed by atoms with van der Waals surface area (Å²) in [5, 5.41) is 6.42. The average molecular weight is 708 g/mol. The maximum atomic E-state index is 6.51. The zero-order valence-corrected chi connectivity index (χ0v) is 29.3. The fourth-order valence-corrected chi connectivity index (χ4v) is 8.33. The maximum Gasteiger partial charge on any atom is 0.227 e. The lowest BCUT2D eigenvalue weighted by Crippen LogP contribution is -2.10. The predicted octanol–water partition coefficient (Wildman–Crippen LogP) is 13.9. The van der Waals surface area contributed by atoms with Crippen molar-refractivity contribution in [2.24, 2.45) is 0 Å². The number of aromatic nitrogens is 2. The second-order valence-corrected chi connectivity index (χ2v) is 14.0. The SMILES string of the molecule is c1ccc(-c2nc3ccc4oc5ccc(N(c6ccc7c(c6)oc6ccccc67)c6ccc7c8ccccc8n(-c8ccccc8)c7c6)cc5c4c3o2)cc1. The third kappa shape index (κ3) is 4.52. The van der Waals surface area contributed by atoms with E-state index in [4.69, 9.17) is 18.2 Å². The normalized spacial score (nSPS) is 12.0. The van der Waals surface area contributed by atoms with Crippen molar-refractivity contribution < 1.29 is 13.3 Å². The number of fused-ring (bicyclic) bond motifs is 11. The smallest absolute Gasteiger partial charge is 0.227 e. The molecule has 0 spiro atoms. The molecule has 12 rings (SSSR count). The van der Waals surface area contributed by atoms with Gasteiger partial charge in [-0.05, 0) is 91.0 Å². The van der Waals surface area contributed by atoms with Crippen LogP contribution in [0.15, 0.2) is 189 Å². The molecule has 0 bridgehead atoms. The first-order chi connectivity index (χ1) is 27.2. The molecule has 0 aliphatic carbocycles. The van der Waals surface area contributed by atoms with Crippen molar-refractivity contribution in [3.05, 3.63) is 176 Å². The molecule has 0 fully saturated rings. The van der Waals surface area contributed by atoms with Crippen molar-refractivity contribution in [2.75, 3.05) is 4.90 Å². The number of oxazole rings is 1. The molecule has 0 saturated carbocycles. The number of nitrogens with zero attached hydrogens (tertiary/aromatic N) is 3. The van der Waals surface area contributed by atoms with Gasteiger partial charge in [-0.25, -0.2) is 4.98 Å². The van der Waals surface area contributed by atoms with Crippen LogP contribution in [-0.2, 0) is 0 Å². The number of rotatable bonds is 5. The lowest BCUT2D eigenvalue weighted by atomic mass is 10.1. The molecule has 0 radical (unpaired) electrons. The molecule has 0 atom stereocenters. The number of benzene rings is 8. The van der Waals surface area contributed by atoms with Gasteiger partial charge in [0.15, 0.2) is 5.58 Å². The number of hydrogen-bond acceptors (Lipinski definition) is 5. The van der Waals surface area contributed by atoms with E-state index in [9.17, 15) is 0 Å². The van der Waals surface area contributed by atoms with Crippen molar-refractivity contribution in [1.29, 1.82) is 0 Å². The third-order valence-corrected chi connectivity index (χ3v) is 10.8. The highest BCUT2D eigenvalue weighted by Crippen LogP contribution is 2.44. The van der Waals surface area contributed by atoms with Crippen LogP contribution in [0.4, 0.5) is 17.1 Å². The molecule has 55 heavy (non-hydrogen) atoms. The van der Waals surface area contributed by atoms with Crippen LogP contribution >= 0.6 is 0 Å². The molecule has 4 heterocycles. The van der Waals surface area contributed by atoms with Gasteiger partial charge in [0.05, 0.1) is 16.4 Å². The molecular formula is C49H29N3O3. The Kier molecular flexibility index (Phi) is 6.24. The fraction of sp³-hybridized carbons (Fsp3) is 0. The van der Waals surface area contributed by atoms with Crippen LogP contribution in [0.3, 0.4) is 0 Å². The van der Waals surface area contributed by atoms with E-state index in [0.29, 0.717) is 11.5 Å². The lowest BCUT2D eigenvalue weighted by Gasteiger charge is -2.26. The molecule has 258 valence electrons. The predicted molar refractivity (Wildman–Crippen MR) is 223 cm³/mol. The number of furan rings is 2. The van der Waals surface area contributed by atoms with Crippen LogP contribution in [0.5, 0.6) is 0 Å². The molecule has 8 aromatic carbocycles. The maximum absolute atomic E-state index is 6.51. The van der Waals surface area contributed by atoms with E-state index in [1.807, 2.05) is 54.6 Å². The zero-order chi connectivity index (χ0) is 36.0. The molecule has 0 aliphatic rings. The van der Waals surface area contributed by atoms with Gasteiger partial charge in [-0.2, -0.15) is 0 Å². The van der Waals surface area contributed by atoms with Gasteiger partial charge in [0.2, 0.25) is 5.89 Å². The van der Waals surface area contributed by atoms with Crippen LogP contribution in [0.1, 0.15) is 0 Å². The van der Waals surface area contributed by atoms with Crippen LogP contribution in [0, 0.1) is 0 Å². The topological polar surface area (TPSA) is 60.5 Å². The lowest BCUT2D eigenvalue weighted by molar-refractivity contribution is 0.622. The summed E-state index contributed by atoms with van der Waals surface area (Å²) in [6.45, 7) is 0. The Morgan fingerprint density at radius 1 is 0.418 bits per heavy atom. The van der Waals surface area contributed by atoms with Gasteiger partial charge < -0.3 is 22.7 Å². The quantitative estimate of drug-likeness (QED) is 0.178. The summed E-state index contributed by atoms with van der Waals surface area (Å²) in [4.78, 5) is 7.17. The highest BCUT2D eigenvalue weighted by atomic mass is 16.4. The van der Waals surface area contributed by atoms with Gasteiger partial charge >= 0.3 is 0 Å². The van der Waals surface area contributed by atoms with E-state index in [1.54, 1.807) is 0 Å². The molecule has 0 saturated heterocycles. The first-order valence-corrected chi connectivity index (χ1v) is 18.4. The molecule has 6 nitrogen and oxygen atoms in total. The second kappa shape index (κ2) is 11.5. The van der Waals surface area contributed by atoms with E-state index in [1.165, 1.54) is 10.8 Å². The van der Waals surface area contributed by atoms with Crippen molar-refractivity contribution >= 4 is 93.8 Å². The van der Waals surface area contributed by atoms with Crippen molar-refractivity contribution in [2.45, 2.75) is 0 Å². The molecule has 0 N–H and O–H groups in total. The monoisotopic (exact) mass is 707 g/mol. The molecule has 0 unspecified atom stereocenters. The first kappa shape index (κ1) is 29.9. The summed E-state index contributed by atoms with van der Waals surface area (Å²) < 4.78 is 21.8. The summed E-state index contributed by atoms with van der Waals surface area (Å²) in [5.41, 5.74) is 12.0. The highest BCUT2D eigenvalue weighted by molar-refractivity contribution is 6.17. The fourth-order valence-electron chi connectivity index (χ4n) is 8.33. The van der Waals surface area contributed by atoms with E-state index < -0.39 is 0 Å². The van der Waals surface area contributed by atoms with Crippen LogP contribution in [0.25, 0.3) is 93.9 Å². The summed E-state index contributed by atoms with van der Waals surface area (Å²) >= 11 is 0. The van der Waals surface area contributed by atoms with E-state index in [0.717, 1.165) is 88.7 Å². The average Bonchev–Trinajstić information content (AvgIpc) is 4.01. The minimum atomic E-state index is 0.580. The molecule has 0 amide bonds. The summed E-state index contributed by atoms with van der Waals surface area (Å²) in [5.74, 6) is 0.580. The summed E-state index contributed by atoms with van der Waals surface area (Å²) in [6.07, 6.45) is 0. The van der Waals surface area contributed by atoms with Gasteiger partial charge in [0, 0.05) is 61.3 Å². The second-order valence-electron chi connectivity index (χ2n) is 14.0. The van der Waals surface area contributed by atoms with Crippen molar-refractivity contribution in [1.82, 2.24) is 9.55 Å². The first-order valence-electron chi connectivity index (χ1n) is 18.4. The minimum absolute atomic E-state index is 0.580. The number of hydrogen-bond donors (Lipinski definition) is 0. The van der Waals surface area contributed by atoms with Gasteiger partial charge in [0.1, 0.15) is 27.8 Å². The standard InChI is InChI=1S/C49H29N3O3/c1-3-11-30(12-4-1)49-50-40-24-26-45-47(48(40)55-49)39-27-32(21-25-44(39)53-45)51(34-20-23-38-37-16-8-10-18-43(37)54-46(38)29-34)33-19-22-36-35-15-7-9-17-41(35)52(42(36)28-33)31-13-5-2-6-14-31/h1-29H. The molecule has 12 aromatic rings. The Hall–Kier alpha value is -7.57. The summed E-state index contributed by atoms with van der Waals surface area (Å²) in [7, 11) is 0. The van der Waals surface area contributed by atoms with Gasteiger partial charge in [0.25, 0.3) is 0 Å².